The molecule has 0 spiro atoms. The zero-order chi connectivity index (χ0) is 10.8. The first-order valence-corrected chi connectivity index (χ1v) is 6.83. The highest BCUT2D eigenvalue weighted by Crippen LogP contribution is 2.39. The van der Waals surface area contributed by atoms with Crippen molar-refractivity contribution in [2.45, 2.75) is 23.3 Å². The molecule has 1 saturated heterocycles. The Balaban J connectivity index is 1.60. The quantitative estimate of drug-likeness (QED) is 0.804. The summed E-state index contributed by atoms with van der Waals surface area (Å²) in [6, 6.07) is 8.67. The first kappa shape index (κ1) is 10.6. The van der Waals surface area contributed by atoms with E-state index in [1.807, 2.05) is 11.8 Å². The summed E-state index contributed by atoms with van der Waals surface area (Å²) in [6.45, 7) is 2.49. The molecule has 2 unspecified atom stereocenters. The normalized spacial score (nSPS) is 28.2. The highest BCUT2D eigenvalue weighted by molar-refractivity contribution is 7.99. The maximum atomic E-state index is 5.91. The minimum Gasteiger partial charge on any atom is -0.379 e. The van der Waals surface area contributed by atoms with Crippen molar-refractivity contribution in [1.29, 1.82) is 0 Å². The third-order valence-corrected chi connectivity index (χ3v) is 4.47. The zero-order valence-corrected chi connectivity index (χ0v) is 10.0. The molecule has 0 N–H and O–H groups in total. The van der Waals surface area contributed by atoms with Gasteiger partial charge in [-0.15, -0.1) is 11.8 Å². The summed E-state index contributed by atoms with van der Waals surface area (Å²) in [6.07, 6.45) is 1.39. The van der Waals surface area contributed by atoms with E-state index < -0.39 is 0 Å². The van der Waals surface area contributed by atoms with Gasteiger partial charge in [-0.05, 0) is 18.1 Å². The summed E-state index contributed by atoms with van der Waals surface area (Å²) in [5, 5.41) is 0. The Morgan fingerprint density at radius 1 is 1.38 bits per heavy atom. The van der Waals surface area contributed by atoms with Crippen molar-refractivity contribution in [3.8, 4) is 0 Å². The summed E-state index contributed by atoms with van der Waals surface area (Å²) in [5.74, 6) is 1.73. The first-order chi connectivity index (χ1) is 7.93. The van der Waals surface area contributed by atoms with Gasteiger partial charge in [0.05, 0.1) is 19.3 Å². The lowest BCUT2D eigenvalue weighted by Gasteiger charge is -2.14. The van der Waals surface area contributed by atoms with Crippen molar-refractivity contribution in [3.63, 3.8) is 0 Å². The van der Waals surface area contributed by atoms with Crippen LogP contribution in [0, 0.1) is 0 Å². The molecule has 2 atom stereocenters. The van der Waals surface area contributed by atoms with Crippen molar-refractivity contribution in [2.24, 2.45) is 0 Å². The Kier molecular flexibility index (Phi) is 3.18. The molecule has 0 amide bonds. The van der Waals surface area contributed by atoms with E-state index in [9.17, 15) is 0 Å². The third-order valence-electron chi connectivity index (χ3n) is 3.22. The van der Waals surface area contributed by atoms with Crippen molar-refractivity contribution in [2.75, 3.05) is 25.6 Å². The lowest BCUT2D eigenvalue weighted by molar-refractivity contribution is 0.0370. The van der Waals surface area contributed by atoms with E-state index in [2.05, 4.69) is 24.3 Å². The van der Waals surface area contributed by atoms with Crippen LogP contribution in [0.25, 0.3) is 0 Å². The second kappa shape index (κ2) is 4.78. The standard InChI is InChI=1S/C13H16O2S/c1-2-4-13-12(3-1)10(9-16-13)7-15-11-5-6-14-8-11/h1-4,10-11H,5-9H2. The van der Waals surface area contributed by atoms with Gasteiger partial charge in [-0.3, -0.25) is 0 Å². The van der Waals surface area contributed by atoms with Gasteiger partial charge < -0.3 is 9.47 Å². The lowest BCUT2D eigenvalue weighted by atomic mass is 10.0. The number of benzene rings is 1. The number of hydrogen-bond acceptors (Lipinski definition) is 3. The predicted molar refractivity (Wildman–Crippen MR) is 65.1 cm³/mol. The fraction of sp³-hybridized carbons (Fsp3) is 0.538. The first-order valence-electron chi connectivity index (χ1n) is 5.84. The molecule has 2 heterocycles. The summed E-state index contributed by atoms with van der Waals surface area (Å²) in [7, 11) is 0. The Labute approximate surface area is 100 Å². The highest BCUT2D eigenvalue weighted by Gasteiger charge is 2.25. The number of fused-ring (bicyclic) bond motifs is 1. The monoisotopic (exact) mass is 236 g/mol. The van der Waals surface area contributed by atoms with Crippen LogP contribution in [-0.4, -0.2) is 31.7 Å². The maximum Gasteiger partial charge on any atom is 0.0830 e. The molecule has 1 aromatic rings. The van der Waals surface area contributed by atoms with Crippen molar-refractivity contribution >= 4 is 11.8 Å². The summed E-state index contributed by atoms with van der Waals surface area (Å²) in [5.41, 5.74) is 1.46. The molecule has 86 valence electrons. The Morgan fingerprint density at radius 2 is 2.31 bits per heavy atom. The van der Waals surface area contributed by atoms with E-state index in [0.29, 0.717) is 12.0 Å². The van der Waals surface area contributed by atoms with Crippen LogP contribution in [-0.2, 0) is 9.47 Å². The van der Waals surface area contributed by atoms with E-state index in [0.717, 1.165) is 32.0 Å². The molecular formula is C13H16O2S. The molecule has 2 aliphatic rings. The van der Waals surface area contributed by atoms with E-state index in [1.165, 1.54) is 10.5 Å². The van der Waals surface area contributed by atoms with Gasteiger partial charge in [-0.1, -0.05) is 18.2 Å². The van der Waals surface area contributed by atoms with E-state index in [-0.39, 0.29) is 0 Å². The number of hydrogen-bond donors (Lipinski definition) is 0. The average molecular weight is 236 g/mol. The number of rotatable bonds is 3. The molecule has 1 fully saturated rings. The van der Waals surface area contributed by atoms with Gasteiger partial charge in [0.25, 0.3) is 0 Å². The van der Waals surface area contributed by atoms with Crippen LogP contribution < -0.4 is 0 Å². The fourth-order valence-electron chi connectivity index (χ4n) is 2.26. The fourth-order valence-corrected chi connectivity index (χ4v) is 3.50. The van der Waals surface area contributed by atoms with Crippen molar-refractivity contribution in [1.82, 2.24) is 0 Å². The second-order valence-corrected chi connectivity index (χ2v) is 5.43. The Bertz CT molecular complexity index is 361. The number of ether oxygens (including phenoxy) is 2. The third kappa shape index (κ3) is 2.12. The van der Waals surface area contributed by atoms with Crippen LogP contribution in [0.2, 0.25) is 0 Å². The molecule has 1 aromatic carbocycles. The van der Waals surface area contributed by atoms with Crippen LogP contribution in [0.1, 0.15) is 17.9 Å². The molecule has 0 aliphatic carbocycles. The molecule has 3 rings (SSSR count). The van der Waals surface area contributed by atoms with Gasteiger partial charge in [-0.2, -0.15) is 0 Å². The SMILES string of the molecule is c1ccc2c(c1)SCC2COC1CCOC1. The maximum absolute atomic E-state index is 5.91. The highest BCUT2D eigenvalue weighted by atomic mass is 32.2. The van der Waals surface area contributed by atoms with Gasteiger partial charge in [-0.25, -0.2) is 0 Å². The Hall–Kier alpha value is -0.510. The van der Waals surface area contributed by atoms with Crippen LogP contribution in [0.3, 0.4) is 0 Å². The zero-order valence-electron chi connectivity index (χ0n) is 9.22. The molecule has 0 aromatic heterocycles. The Morgan fingerprint density at radius 3 is 3.19 bits per heavy atom. The van der Waals surface area contributed by atoms with Crippen molar-refractivity contribution < 1.29 is 9.47 Å². The smallest absolute Gasteiger partial charge is 0.0830 e. The number of thioether (sulfide) groups is 1. The van der Waals surface area contributed by atoms with Gasteiger partial charge in [0.15, 0.2) is 0 Å². The van der Waals surface area contributed by atoms with Gasteiger partial charge >= 0.3 is 0 Å². The minimum absolute atomic E-state index is 0.331. The molecular weight excluding hydrogens is 220 g/mol. The van der Waals surface area contributed by atoms with Gasteiger partial charge in [0.2, 0.25) is 0 Å². The summed E-state index contributed by atoms with van der Waals surface area (Å²) in [4.78, 5) is 1.43. The molecule has 0 saturated carbocycles. The minimum atomic E-state index is 0.331. The molecule has 0 bridgehead atoms. The van der Waals surface area contributed by atoms with E-state index in [1.54, 1.807) is 0 Å². The van der Waals surface area contributed by atoms with E-state index >= 15 is 0 Å². The second-order valence-electron chi connectivity index (χ2n) is 4.36. The van der Waals surface area contributed by atoms with Gasteiger partial charge in [0, 0.05) is 23.2 Å². The molecule has 2 nitrogen and oxygen atoms in total. The van der Waals surface area contributed by atoms with Crippen LogP contribution in [0.4, 0.5) is 0 Å². The summed E-state index contributed by atoms with van der Waals surface area (Å²) < 4.78 is 11.2. The molecule has 16 heavy (non-hydrogen) atoms. The molecule has 0 radical (unpaired) electrons. The van der Waals surface area contributed by atoms with Gasteiger partial charge in [0.1, 0.15) is 0 Å². The van der Waals surface area contributed by atoms with Crippen LogP contribution in [0.5, 0.6) is 0 Å². The topological polar surface area (TPSA) is 18.5 Å². The lowest BCUT2D eigenvalue weighted by Crippen LogP contribution is -2.17. The van der Waals surface area contributed by atoms with E-state index in [4.69, 9.17) is 9.47 Å². The molecule has 2 aliphatic heterocycles. The predicted octanol–water partition coefficient (Wildman–Crippen LogP) is 2.68. The van der Waals surface area contributed by atoms with Crippen LogP contribution in [0.15, 0.2) is 29.2 Å². The average Bonchev–Trinajstić information content (AvgIpc) is 2.96. The largest absolute Gasteiger partial charge is 0.379 e. The van der Waals surface area contributed by atoms with Crippen LogP contribution >= 0.6 is 11.8 Å². The summed E-state index contributed by atoms with van der Waals surface area (Å²) >= 11 is 1.95. The van der Waals surface area contributed by atoms with Crippen molar-refractivity contribution in [3.05, 3.63) is 29.8 Å². The molecule has 3 heteroatoms.